The highest BCUT2D eigenvalue weighted by molar-refractivity contribution is 5.79. The zero-order valence-corrected chi connectivity index (χ0v) is 12.8. The summed E-state index contributed by atoms with van der Waals surface area (Å²) in [5.74, 6) is 0.230. The van der Waals surface area contributed by atoms with Crippen LogP contribution in [0.5, 0.6) is 0 Å². The molecule has 0 aliphatic carbocycles. The second-order valence-corrected chi connectivity index (χ2v) is 5.62. The number of nitrogens with one attached hydrogen (secondary N) is 1. The van der Waals surface area contributed by atoms with Crippen molar-refractivity contribution in [1.82, 2.24) is 10.3 Å². The number of carbonyl (C=O) groups is 1. The molecule has 1 atom stereocenters. The van der Waals surface area contributed by atoms with Crippen molar-refractivity contribution < 1.29 is 9.53 Å². The smallest absolute Gasteiger partial charge is 0.322 e. The van der Waals surface area contributed by atoms with Crippen LogP contribution in [-0.2, 0) is 16.1 Å². The Labute approximate surface area is 125 Å². The number of hydrogen-bond acceptors (Lipinski definition) is 4. The van der Waals surface area contributed by atoms with Crippen LogP contribution in [0.25, 0.3) is 10.9 Å². The fourth-order valence-electron chi connectivity index (χ4n) is 2.35. The van der Waals surface area contributed by atoms with Crippen LogP contribution in [-0.4, -0.2) is 24.1 Å². The van der Waals surface area contributed by atoms with Gasteiger partial charge in [-0.1, -0.05) is 26.0 Å². The highest BCUT2D eigenvalue weighted by Crippen LogP contribution is 2.14. The lowest BCUT2D eigenvalue weighted by molar-refractivity contribution is -0.143. The fourth-order valence-corrected chi connectivity index (χ4v) is 2.35. The first-order valence-corrected chi connectivity index (χ1v) is 7.25. The van der Waals surface area contributed by atoms with E-state index in [1.807, 2.05) is 24.3 Å². The third-order valence-electron chi connectivity index (χ3n) is 3.41. The van der Waals surface area contributed by atoms with Crippen LogP contribution in [0.1, 0.15) is 25.8 Å². The Morgan fingerprint density at radius 1 is 1.33 bits per heavy atom. The average Bonchev–Trinajstić information content (AvgIpc) is 2.50. The van der Waals surface area contributed by atoms with Gasteiger partial charge in [-0.05, 0) is 36.1 Å². The molecule has 0 fully saturated rings. The molecule has 0 bridgehead atoms. The molecule has 0 aliphatic rings. The maximum Gasteiger partial charge on any atom is 0.322 e. The van der Waals surface area contributed by atoms with Gasteiger partial charge in [-0.3, -0.25) is 9.78 Å². The lowest BCUT2D eigenvalue weighted by Gasteiger charge is -2.18. The lowest BCUT2D eigenvalue weighted by atomic mass is 10.0. The van der Waals surface area contributed by atoms with Crippen molar-refractivity contribution in [1.29, 1.82) is 0 Å². The molecular formula is C17H22N2O2. The molecule has 4 heteroatoms. The van der Waals surface area contributed by atoms with E-state index in [1.54, 1.807) is 6.20 Å². The van der Waals surface area contributed by atoms with Gasteiger partial charge in [-0.25, -0.2) is 0 Å². The monoisotopic (exact) mass is 286 g/mol. The first kappa shape index (κ1) is 15.4. The quantitative estimate of drug-likeness (QED) is 0.830. The van der Waals surface area contributed by atoms with E-state index in [0.717, 1.165) is 22.9 Å². The summed E-state index contributed by atoms with van der Waals surface area (Å²) in [5, 5.41) is 4.39. The summed E-state index contributed by atoms with van der Waals surface area (Å²) in [6.45, 7) is 4.83. The molecule has 1 aromatic heterocycles. The summed E-state index contributed by atoms with van der Waals surface area (Å²) < 4.78 is 4.86. The minimum absolute atomic E-state index is 0.203. The van der Waals surface area contributed by atoms with E-state index >= 15 is 0 Å². The Hall–Kier alpha value is -1.94. The topological polar surface area (TPSA) is 51.2 Å². The molecule has 1 aromatic carbocycles. The van der Waals surface area contributed by atoms with Crippen molar-refractivity contribution in [3.63, 3.8) is 0 Å². The molecule has 1 unspecified atom stereocenters. The summed E-state index contributed by atoms with van der Waals surface area (Å²) in [6.07, 6.45) is 2.55. The number of fused-ring (bicyclic) bond motifs is 1. The summed E-state index contributed by atoms with van der Waals surface area (Å²) in [4.78, 5) is 16.1. The number of ether oxygens (including phenoxy) is 1. The Morgan fingerprint density at radius 2 is 2.14 bits per heavy atom. The number of benzene rings is 1. The number of carbonyl (C=O) groups excluding carboxylic acids is 1. The van der Waals surface area contributed by atoms with Crippen molar-refractivity contribution in [2.24, 2.45) is 5.92 Å². The van der Waals surface area contributed by atoms with Gasteiger partial charge in [-0.2, -0.15) is 0 Å². The Kier molecular flexibility index (Phi) is 5.28. The zero-order valence-electron chi connectivity index (χ0n) is 12.8. The molecule has 2 aromatic rings. The molecule has 0 radical (unpaired) electrons. The zero-order chi connectivity index (χ0) is 15.2. The normalized spacial score (nSPS) is 12.6. The van der Waals surface area contributed by atoms with Crippen LogP contribution < -0.4 is 5.32 Å². The molecule has 0 aliphatic heterocycles. The van der Waals surface area contributed by atoms with Crippen LogP contribution in [0.4, 0.5) is 0 Å². The molecular weight excluding hydrogens is 264 g/mol. The van der Waals surface area contributed by atoms with E-state index in [0.29, 0.717) is 12.5 Å². The van der Waals surface area contributed by atoms with E-state index in [1.165, 1.54) is 7.11 Å². The van der Waals surface area contributed by atoms with Crippen LogP contribution in [0, 0.1) is 5.92 Å². The Bertz CT molecular complexity index is 611. The van der Waals surface area contributed by atoms with Crippen molar-refractivity contribution in [3.05, 3.63) is 42.1 Å². The third kappa shape index (κ3) is 4.26. The van der Waals surface area contributed by atoms with Gasteiger partial charge in [-0.15, -0.1) is 0 Å². The minimum Gasteiger partial charge on any atom is -0.468 e. The van der Waals surface area contributed by atoms with Gasteiger partial charge in [0.05, 0.1) is 12.6 Å². The molecule has 0 spiro atoms. The summed E-state index contributed by atoms with van der Waals surface area (Å²) in [6, 6.07) is 9.83. The highest BCUT2D eigenvalue weighted by Gasteiger charge is 2.19. The van der Waals surface area contributed by atoms with Crippen molar-refractivity contribution in [3.8, 4) is 0 Å². The largest absolute Gasteiger partial charge is 0.468 e. The highest BCUT2D eigenvalue weighted by atomic mass is 16.5. The second-order valence-electron chi connectivity index (χ2n) is 5.62. The van der Waals surface area contributed by atoms with Gasteiger partial charge in [0.1, 0.15) is 6.04 Å². The SMILES string of the molecule is COC(=O)C(CC(C)C)NCc1ccc2ncccc2c1. The number of rotatable bonds is 6. The fraction of sp³-hybridized carbons (Fsp3) is 0.412. The number of esters is 1. The third-order valence-corrected chi connectivity index (χ3v) is 3.41. The van der Waals surface area contributed by atoms with Crippen LogP contribution in [0.15, 0.2) is 36.5 Å². The van der Waals surface area contributed by atoms with Crippen LogP contribution in [0.3, 0.4) is 0 Å². The van der Waals surface area contributed by atoms with Crippen LogP contribution >= 0.6 is 0 Å². The van der Waals surface area contributed by atoms with Crippen molar-refractivity contribution >= 4 is 16.9 Å². The Balaban J connectivity index is 2.06. The maximum absolute atomic E-state index is 11.8. The molecule has 1 N–H and O–H groups in total. The van der Waals surface area contributed by atoms with E-state index in [9.17, 15) is 4.79 Å². The molecule has 4 nitrogen and oxygen atoms in total. The standard InChI is InChI=1S/C17H22N2O2/c1-12(2)9-16(17(20)21-3)19-11-13-6-7-15-14(10-13)5-4-8-18-15/h4-8,10,12,16,19H,9,11H2,1-3H3. The molecule has 0 amide bonds. The number of methoxy groups -OCH3 is 1. The summed E-state index contributed by atoms with van der Waals surface area (Å²) >= 11 is 0. The van der Waals surface area contributed by atoms with Crippen molar-refractivity contribution in [2.45, 2.75) is 32.9 Å². The van der Waals surface area contributed by atoms with Gasteiger partial charge < -0.3 is 10.1 Å². The second kappa shape index (κ2) is 7.18. The first-order valence-electron chi connectivity index (χ1n) is 7.25. The molecule has 0 saturated carbocycles. The predicted molar refractivity (Wildman–Crippen MR) is 83.8 cm³/mol. The maximum atomic E-state index is 11.8. The van der Waals surface area contributed by atoms with Crippen LogP contribution in [0.2, 0.25) is 0 Å². The van der Waals surface area contributed by atoms with E-state index in [2.05, 4.69) is 30.2 Å². The van der Waals surface area contributed by atoms with Gasteiger partial charge in [0.2, 0.25) is 0 Å². The number of aromatic nitrogens is 1. The van der Waals surface area contributed by atoms with E-state index in [-0.39, 0.29) is 12.0 Å². The van der Waals surface area contributed by atoms with Gasteiger partial charge >= 0.3 is 5.97 Å². The van der Waals surface area contributed by atoms with Crippen molar-refractivity contribution in [2.75, 3.05) is 7.11 Å². The number of hydrogen-bond donors (Lipinski definition) is 1. The van der Waals surface area contributed by atoms with Gasteiger partial charge in [0, 0.05) is 18.1 Å². The number of pyridine rings is 1. The Morgan fingerprint density at radius 3 is 2.86 bits per heavy atom. The molecule has 21 heavy (non-hydrogen) atoms. The lowest BCUT2D eigenvalue weighted by Crippen LogP contribution is -2.38. The predicted octanol–water partition coefficient (Wildman–Crippen LogP) is 2.91. The van der Waals surface area contributed by atoms with Gasteiger partial charge in [0.25, 0.3) is 0 Å². The summed E-state index contributed by atoms with van der Waals surface area (Å²) in [5.41, 5.74) is 2.11. The van der Waals surface area contributed by atoms with E-state index in [4.69, 9.17) is 4.74 Å². The van der Waals surface area contributed by atoms with E-state index < -0.39 is 0 Å². The minimum atomic E-state index is -0.264. The molecule has 0 saturated heterocycles. The molecule has 2 rings (SSSR count). The number of nitrogens with zero attached hydrogens (tertiary/aromatic N) is 1. The average molecular weight is 286 g/mol. The first-order chi connectivity index (χ1) is 10.1. The molecule has 112 valence electrons. The van der Waals surface area contributed by atoms with Gasteiger partial charge in [0.15, 0.2) is 0 Å². The summed E-state index contributed by atoms with van der Waals surface area (Å²) in [7, 11) is 1.43. The molecule has 1 heterocycles.